The van der Waals surface area contributed by atoms with Crippen molar-refractivity contribution < 1.29 is 9.90 Å². The molecule has 0 aliphatic rings. The molecule has 2 rings (SSSR count). The summed E-state index contributed by atoms with van der Waals surface area (Å²) in [4.78, 5) is 18.5. The van der Waals surface area contributed by atoms with Crippen molar-refractivity contribution >= 4 is 17.3 Å². The fourth-order valence-corrected chi connectivity index (χ4v) is 3.46. The minimum atomic E-state index is -0.889. The summed E-state index contributed by atoms with van der Waals surface area (Å²) in [6, 6.07) is 10.2. The number of carboxylic acid groups (broad SMARTS) is 1. The first-order chi connectivity index (χ1) is 10.3. The lowest BCUT2D eigenvalue weighted by molar-refractivity contribution is 0.0699. The number of rotatable bonds is 5. The molecule has 1 N–H and O–H groups in total. The van der Waals surface area contributed by atoms with Gasteiger partial charge in [0.2, 0.25) is 0 Å². The number of hydrogen-bond donors (Lipinski definition) is 1. The minimum absolute atomic E-state index is 0.263. The lowest BCUT2D eigenvalue weighted by atomic mass is 9.91. The SMILES string of the molecule is CN(Cc1ccccc1)Cc1nc(C(C)(C)C)c(C(=O)O)s1. The molecule has 22 heavy (non-hydrogen) atoms. The van der Waals surface area contributed by atoms with E-state index in [1.807, 2.05) is 46.0 Å². The van der Waals surface area contributed by atoms with Crippen LogP contribution in [0.25, 0.3) is 0 Å². The van der Waals surface area contributed by atoms with Gasteiger partial charge in [-0.05, 0) is 12.6 Å². The second-order valence-electron chi connectivity index (χ2n) is 6.50. The van der Waals surface area contributed by atoms with Crippen LogP contribution in [-0.4, -0.2) is 28.0 Å². The Morgan fingerprint density at radius 2 is 1.86 bits per heavy atom. The first-order valence-corrected chi connectivity index (χ1v) is 8.05. The molecule has 0 saturated carbocycles. The molecule has 118 valence electrons. The largest absolute Gasteiger partial charge is 0.477 e. The Hall–Kier alpha value is -1.72. The number of hydrogen-bond acceptors (Lipinski definition) is 4. The molecule has 0 spiro atoms. The molecule has 0 aliphatic carbocycles. The number of carbonyl (C=O) groups is 1. The van der Waals surface area contributed by atoms with E-state index in [1.165, 1.54) is 16.9 Å². The average Bonchev–Trinajstić information content (AvgIpc) is 2.83. The molecule has 0 atom stereocenters. The Morgan fingerprint density at radius 1 is 1.23 bits per heavy atom. The third kappa shape index (κ3) is 4.15. The third-order valence-electron chi connectivity index (χ3n) is 3.28. The molecule has 1 heterocycles. The molecule has 4 nitrogen and oxygen atoms in total. The van der Waals surface area contributed by atoms with Crippen molar-refractivity contribution in [3.05, 3.63) is 51.5 Å². The highest BCUT2D eigenvalue weighted by molar-refractivity contribution is 7.13. The van der Waals surface area contributed by atoms with Crippen molar-refractivity contribution in [2.24, 2.45) is 0 Å². The van der Waals surface area contributed by atoms with Crippen molar-refractivity contribution in [3.63, 3.8) is 0 Å². The van der Waals surface area contributed by atoms with Gasteiger partial charge in [-0.1, -0.05) is 51.1 Å². The Morgan fingerprint density at radius 3 is 2.36 bits per heavy atom. The number of carboxylic acids is 1. The van der Waals surface area contributed by atoms with Crippen LogP contribution in [0.4, 0.5) is 0 Å². The van der Waals surface area contributed by atoms with Gasteiger partial charge < -0.3 is 5.11 Å². The summed E-state index contributed by atoms with van der Waals surface area (Å²) in [7, 11) is 2.02. The van der Waals surface area contributed by atoms with Gasteiger partial charge in [-0.25, -0.2) is 9.78 Å². The van der Waals surface area contributed by atoms with Crippen molar-refractivity contribution in [2.45, 2.75) is 39.3 Å². The van der Waals surface area contributed by atoms with Crippen LogP contribution in [0, 0.1) is 0 Å². The number of aromatic nitrogens is 1. The molecule has 1 aromatic carbocycles. The van der Waals surface area contributed by atoms with E-state index in [0.717, 1.165) is 11.6 Å². The maximum atomic E-state index is 11.4. The third-order valence-corrected chi connectivity index (χ3v) is 4.30. The van der Waals surface area contributed by atoms with Gasteiger partial charge in [-0.2, -0.15) is 0 Å². The first-order valence-electron chi connectivity index (χ1n) is 7.23. The Kier molecular flexibility index (Phi) is 4.98. The van der Waals surface area contributed by atoms with Gasteiger partial charge in [0.25, 0.3) is 0 Å². The number of benzene rings is 1. The maximum Gasteiger partial charge on any atom is 0.347 e. The van der Waals surface area contributed by atoms with Crippen LogP contribution < -0.4 is 0 Å². The van der Waals surface area contributed by atoms with Gasteiger partial charge in [0.15, 0.2) is 0 Å². The van der Waals surface area contributed by atoms with Gasteiger partial charge in [-0.3, -0.25) is 4.90 Å². The summed E-state index contributed by atoms with van der Waals surface area (Å²) >= 11 is 1.28. The van der Waals surface area contributed by atoms with E-state index in [1.54, 1.807) is 0 Å². The second-order valence-corrected chi connectivity index (χ2v) is 7.58. The van der Waals surface area contributed by atoms with Gasteiger partial charge in [-0.15, -0.1) is 11.3 Å². The normalized spacial score (nSPS) is 11.9. The van der Waals surface area contributed by atoms with Gasteiger partial charge in [0.05, 0.1) is 12.2 Å². The number of nitrogens with zero attached hydrogens (tertiary/aromatic N) is 2. The van der Waals surface area contributed by atoms with Crippen LogP contribution in [-0.2, 0) is 18.5 Å². The summed E-state index contributed by atoms with van der Waals surface area (Å²) in [6.45, 7) is 7.44. The molecular weight excluding hydrogens is 296 g/mol. The molecule has 2 aromatic rings. The molecule has 0 amide bonds. The molecule has 0 unspecified atom stereocenters. The van der Waals surface area contributed by atoms with E-state index in [2.05, 4.69) is 22.0 Å². The number of aromatic carboxylic acids is 1. The van der Waals surface area contributed by atoms with Crippen molar-refractivity contribution in [3.8, 4) is 0 Å². The molecule has 5 heteroatoms. The maximum absolute atomic E-state index is 11.4. The molecule has 1 aromatic heterocycles. The Balaban J connectivity index is 2.14. The standard InChI is InChI=1S/C17H22N2O2S/c1-17(2,3)15-14(16(20)21)22-13(18-15)11-19(4)10-12-8-6-5-7-9-12/h5-9H,10-11H2,1-4H3,(H,20,21). The van der Waals surface area contributed by atoms with Crippen LogP contribution in [0.3, 0.4) is 0 Å². The molecule has 0 saturated heterocycles. The Bertz CT molecular complexity index is 644. The quantitative estimate of drug-likeness (QED) is 0.912. The monoisotopic (exact) mass is 318 g/mol. The highest BCUT2D eigenvalue weighted by atomic mass is 32.1. The van der Waals surface area contributed by atoms with Gasteiger partial charge >= 0.3 is 5.97 Å². The zero-order chi connectivity index (χ0) is 16.3. The van der Waals surface area contributed by atoms with E-state index >= 15 is 0 Å². The van der Waals surface area contributed by atoms with Crippen molar-refractivity contribution in [2.75, 3.05) is 7.05 Å². The molecule has 0 radical (unpaired) electrons. The lowest BCUT2D eigenvalue weighted by Crippen LogP contribution is -2.18. The molecular formula is C17H22N2O2S. The topological polar surface area (TPSA) is 53.4 Å². The summed E-state index contributed by atoms with van der Waals surface area (Å²) < 4.78 is 0. The van der Waals surface area contributed by atoms with E-state index in [0.29, 0.717) is 17.1 Å². The molecule has 0 fully saturated rings. The van der Waals surface area contributed by atoms with Crippen LogP contribution in [0.15, 0.2) is 30.3 Å². The van der Waals surface area contributed by atoms with E-state index in [-0.39, 0.29) is 5.41 Å². The summed E-state index contributed by atoms with van der Waals surface area (Å²) in [5, 5.41) is 10.2. The Labute approximate surface area is 135 Å². The van der Waals surface area contributed by atoms with Crippen LogP contribution in [0.5, 0.6) is 0 Å². The fourth-order valence-electron chi connectivity index (χ4n) is 2.27. The smallest absolute Gasteiger partial charge is 0.347 e. The summed E-state index contributed by atoms with van der Waals surface area (Å²) in [6.07, 6.45) is 0. The highest BCUT2D eigenvalue weighted by Gasteiger charge is 2.27. The first kappa shape index (κ1) is 16.6. The average molecular weight is 318 g/mol. The van der Waals surface area contributed by atoms with Gasteiger partial charge in [0, 0.05) is 12.0 Å². The zero-order valence-corrected chi connectivity index (χ0v) is 14.3. The highest BCUT2D eigenvalue weighted by Crippen LogP contribution is 2.30. The van der Waals surface area contributed by atoms with Crippen LogP contribution in [0.1, 0.15) is 46.7 Å². The van der Waals surface area contributed by atoms with Crippen molar-refractivity contribution in [1.82, 2.24) is 9.88 Å². The zero-order valence-electron chi connectivity index (χ0n) is 13.5. The second kappa shape index (κ2) is 6.58. The van der Waals surface area contributed by atoms with Gasteiger partial charge in [0.1, 0.15) is 9.88 Å². The minimum Gasteiger partial charge on any atom is -0.477 e. The summed E-state index contributed by atoms with van der Waals surface area (Å²) in [5.74, 6) is -0.889. The molecule has 0 aliphatic heterocycles. The van der Waals surface area contributed by atoms with E-state index < -0.39 is 5.97 Å². The summed E-state index contributed by atoms with van der Waals surface area (Å²) in [5.41, 5.74) is 1.64. The van der Waals surface area contributed by atoms with Crippen LogP contribution in [0.2, 0.25) is 0 Å². The fraction of sp³-hybridized carbons (Fsp3) is 0.412. The predicted octanol–water partition coefficient (Wildman–Crippen LogP) is 3.77. The number of thiazole rings is 1. The van der Waals surface area contributed by atoms with E-state index in [9.17, 15) is 9.90 Å². The van der Waals surface area contributed by atoms with Crippen LogP contribution >= 0.6 is 11.3 Å². The predicted molar refractivity (Wildman–Crippen MR) is 89.4 cm³/mol. The van der Waals surface area contributed by atoms with E-state index in [4.69, 9.17) is 0 Å². The molecule has 0 bridgehead atoms. The lowest BCUT2D eigenvalue weighted by Gasteiger charge is -2.17. The van der Waals surface area contributed by atoms with Crippen molar-refractivity contribution in [1.29, 1.82) is 0 Å².